The van der Waals surface area contributed by atoms with Gasteiger partial charge in [-0.1, -0.05) is 74.5 Å². The second-order valence-corrected chi connectivity index (χ2v) is 14.2. The Morgan fingerprint density at radius 1 is 0.765 bits per heavy atom. The number of piperidine rings is 1. The molecule has 0 aliphatic carbocycles. The number of nitrogens with one attached hydrogen (secondary N) is 3. The summed E-state index contributed by atoms with van der Waals surface area (Å²) in [5.74, 6) is -2.57. The molecule has 2 aromatic rings. The lowest BCUT2D eigenvalue weighted by molar-refractivity contribution is -0.144. The van der Waals surface area contributed by atoms with E-state index in [0.29, 0.717) is 45.2 Å². The van der Waals surface area contributed by atoms with Gasteiger partial charge in [-0.2, -0.15) is 0 Å². The quantitative estimate of drug-likeness (QED) is 0.140. The van der Waals surface area contributed by atoms with Crippen molar-refractivity contribution in [2.24, 2.45) is 17.4 Å². The van der Waals surface area contributed by atoms with Gasteiger partial charge in [-0.05, 0) is 75.1 Å². The van der Waals surface area contributed by atoms with Crippen LogP contribution in [0.2, 0.25) is 0 Å². The fourth-order valence-corrected chi connectivity index (χ4v) is 7.10. The number of rotatable bonds is 17. The van der Waals surface area contributed by atoms with Gasteiger partial charge in [-0.25, -0.2) is 0 Å². The molecule has 13 heteroatoms. The van der Waals surface area contributed by atoms with Gasteiger partial charge in [0.25, 0.3) is 0 Å². The minimum Gasteiger partial charge on any atom is -0.480 e. The number of hydrogen-bond donors (Lipinski definition) is 6. The van der Waals surface area contributed by atoms with Gasteiger partial charge in [0.05, 0.1) is 6.04 Å². The third-order valence-electron chi connectivity index (χ3n) is 9.79. The predicted octanol–water partition coefficient (Wildman–Crippen LogP) is 1.19. The average Bonchev–Trinajstić information content (AvgIpc) is 3.62. The van der Waals surface area contributed by atoms with Crippen LogP contribution in [0.15, 0.2) is 60.7 Å². The van der Waals surface area contributed by atoms with E-state index in [2.05, 4.69) is 16.0 Å². The summed E-state index contributed by atoms with van der Waals surface area (Å²) < 4.78 is 0. The molecule has 5 atom stereocenters. The number of aliphatic carboxylic acids is 1. The van der Waals surface area contributed by atoms with Crippen LogP contribution in [-0.4, -0.2) is 107 Å². The standard InChI is InChI=1S/C38H55N7O6/c1-25(2)22-31(35(47)41-30(15-18-39)37(49)44-20-16-28(17-21-44)45-19-9-14-33(45)38(50)51)43-36(48)32(24-27-12-7-4-8-13-27)42-34(46)29(40)23-26-10-5-3-6-11-26/h3-8,10-13,25,28-33H,9,14-24,39-40H2,1-2H3,(H,41,47)(H,42,46)(H,43,48)(H,50,51)/t29-,30-,31-,32-,33+/m1/s1. The molecule has 2 heterocycles. The van der Waals surface area contributed by atoms with Crippen molar-refractivity contribution < 1.29 is 29.1 Å². The highest BCUT2D eigenvalue weighted by molar-refractivity contribution is 5.95. The molecule has 2 aliphatic rings. The Morgan fingerprint density at radius 2 is 1.31 bits per heavy atom. The number of nitrogens with two attached hydrogens (primary N) is 2. The number of hydrogen-bond acceptors (Lipinski definition) is 8. The van der Waals surface area contributed by atoms with Gasteiger partial charge in [0, 0.05) is 25.6 Å². The number of likely N-dealkylation sites (tertiary alicyclic amines) is 2. The molecule has 2 saturated heterocycles. The van der Waals surface area contributed by atoms with Crippen molar-refractivity contribution >= 4 is 29.6 Å². The number of carboxylic acid groups (broad SMARTS) is 1. The average molecular weight is 706 g/mol. The Bertz CT molecular complexity index is 1450. The molecule has 51 heavy (non-hydrogen) atoms. The van der Waals surface area contributed by atoms with Gasteiger partial charge >= 0.3 is 5.97 Å². The van der Waals surface area contributed by atoms with Gasteiger partial charge in [0.15, 0.2) is 0 Å². The Balaban J connectivity index is 1.42. The van der Waals surface area contributed by atoms with Crippen LogP contribution in [0.4, 0.5) is 0 Å². The molecule has 4 rings (SSSR count). The summed E-state index contributed by atoms with van der Waals surface area (Å²) in [6.07, 6.45) is 3.76. The van der Waals surface area contributed by atoms with E-state index < -0.39 is 53.9 Å². The first-order valence-electron chi connectivity index (χ1n) is 18.2. The van der Waals surface area contributed by atoms with Crippen molar-refractivity contribution in [3.05, 3.63) is 71.8 Å². The molecule has 0 spiro atoms. The van der Waals surface area contributed by atoms with Crippen molar-refractivity contribution in [2.45, 2.75) is 101 Å². The second kappa shape index (κ2) is 19.3. The molecular weight excluding hydrogens is 650 g/mol. The lowest BCUT2D eigenvalue weighted by Gasteiger charge is -2.39. The molecular formula is C38H55N7O6. The van der Waals surface area contributed by atoms with E-state index in [4.69, 9.17) is 11.5 Å². The number of nitrogens with zero attached hydrogens (tertiary/aromatic N) is 2. The smallest absolute Gasteiger partial charge is 0.320 e. The van der Waals surface area contributed by atoms with Crippen LogP contribution in [0.5, 0.6) is 0 Å². The van der Waals surface area contributed by atoms with Gasteiger partial charge < -0.3 is 37.4 Å². The number of carbonyl (C=O) groups excluding carboxylic acids is 4. The van der Waals surface area contributed by atoms with E-state index in [9.17, 15) is 29.1 Å². The van der Waals surface area contributed by atoms with E-state index in [0.717, 1.165) is 24.1 Å². The lowest BCUT2D eigenvalue weighted by atomic mass is 9.99. The summed E-state index contributed by atoms with van der Waals surface area (Å²) in [6, 6.07) is 14.5. The molecule has 4 amide bonds. The zero-order chi connectivity index (χ0) is 36.9. The molecule has 2 fully saturated rings. The van der Waals surface area contributed by atoms with E-state index in [1.807, 2.05) is 79.4 Å². The van der Waals surface area contributed by atoms with Crippen LogP contribution in [0.3, 0.4) is 0 Å². The Kier molecular flexibility index (Phi) is 15.0. The fraction of sp³-hybridized carbons (Fsp3) is 0.553. The molecule has 2 aliphatic heterocycles. The van der Waals surface area contributed by atoms with Gasteiger partial charge in [-0.15, -0.1) is 0 Å². The molecule has 0 radical (unpaired) electrons. The van der Waals surface area contributed by atoms with Crippen LogP contribution < -0.4 is 27.4 Å². The van der Waals surface area contributed by atoms with E-state index in [1.54, 1.807) is 4.90 Å². The molecule has 0 aromatic heterocycles. The van der Waals surface area contributed by atoms with Gasteiger partial charge in [-0.3, -0.25) is 28.9 Å². The van der Waals surface area contributed by atoms with Crippen LogP contribution in [-0.2, 0) is 36.8 Å². The summed E-state index contributed by atoms with van der Waals surface area (Å²) in [4.78, 5) is 70.2. The maximum atomic E-state index is 13.9. The van der Waals surface area contributed by atoms with E-state index in [1.165, 1.54) is 0 Å². The van der Waals surface area contributed by atoms with Crippen molar-refractivity contribution in [2.75, 3.05) is 26.2 Å². The topological polar surface area (TPSA) is 200 Å². The molecule has 0 unspecified atom stereocenters. The first kappa shape index (κ1) is 39.5. The predicted molar refractivity (Wildman–Crippen MR) is 194 cm³/mol. The zero-order valence-corrected chi connectivity index (χ0v) is 29.8. The Morgan fingerprint density at radius 3 is 1.88 bits per heavy atom. The van der Waals surface area contributed by atoms with Crippen LogP contribution >= 0.6 is 0 Å². The largest absolute Gasteiger partial charge is 0.480 e. The maximum absolute atomic E-state index is 13.9. The molecule has 278 valence electrons. The van der Waals surface area contributed by atoms with Crippen molar-refractivity contribution in [1.29, 1.82) is 0 Å². The lowest BCUT2D eigenvalue weighted by Crippen LogP contribution is -2.59. The highest BCUT2D eigenvalue weighted by atomic mass is 16.4. The Labute approximate surface area is 300 Å². The summed E-state index contributed by atoms with van der Waals surface area (Å²) >= 11 is 0. The first-order chi connectivity index (χ1) is 24.5. The van der Waals surface area contributed by atoms with Crippen molar-refractivity contribution in [3.63, 3.8) is 0 Å². The number of amides is 4. The number of carbonyl (C=O) groups is 5. The maximum Gasteiger partial charge on any atom is 0.320 e. The fourth-order valence-electron chi connectivity index (χ4n) is 7.10. The van der Waals surface area contributed by atoms with Gasteiger partial charge in [0.2, 0.25) is 23.6 Å². The zero-order valence-electron chi connectivity index (χ0n) is 29.8. The molecule has 0 bridgehead atoms. The summed E-state index contributed by atoms with van der Waals surface area (Å²) in [6.45, 7) is 5.66. The van der Waals surface area contributed by atoms with Crippen LogP contribution in [0, 0.1) is 5.92 Å². The molecule has 0 saturated carbocycles. The SMILES string of the molecule is CC(C)C[C@@H](NC(=O)[C@@H](Cc1ccccc1)NC(=O)[C@H](N)Cc1ccccc1)C(=O)N[C@H](CCN)C(=O)N1CCC(N2CCC[C@H]2C(=O)O)CC1. The molecule has 8 N–H and O–H groups in total. The third-order valence-corrected chi connectivity index (χ3v) is 9.79. The summed E-state index contributed by atoms with van der Waals surface area (Å²) in [5.41, 5.74) is 13.9. The van der Waals surface area contributed by atoms with Crippen molar-refractivity contribution in [3.8, 4) is 0 Å². The highest BCUT2D eigenvalue weighted by Gasteiger charge is 2.38. The minimum atomic E-state index is -1.01. The Hall–Kier alpha value is -4.33. The van der Waals surface area contributed by atoms with Crippen LogP contribution in [0.1, 0.15) is 63.5 Å². The molecule has 2 aromatic carbocycles. The minimum absolute atomic E-state index is 0.0189. The second-order valence-electron chi connectivity index (χ2n) is 14.2. The van der Waals surface area contributed by atoms with Crippen molar-refractivity contribution in [1.82, 2.24) is 25.8 Å². The monoisotopic (exact) mass is 705 g/mol. The van der Waals surface area contributed by atoms with Crippen LogP contribution in [0.25, 0.3) is 0 Å². The summed E-state index contributed by atoms with van der Waals surface area (Å²) in [5, 5.41) is 18.2. The number of benzene rings is 2. The van der Waals surface area contributed by atoms with E-state index >= 15 is 0 Å². The third kappa shape index (κ3) is 11.6. The number of carboxylic acids is 1. The summed E-state index contributed by atoms with van der Waals surface area (Å²) in [7, 11) is 0. The normalized spacial score (nSPS) is 19.2. The molecule has 13 nitrogen and oxygen atoms in total. The van der Waals surface area contributed by atoms with E-state index in [-0.39, 0.29) is 37.3 Å². The van der Waals surface area contributed by atoms with Gasteiger partial charge in [0.1, 0.15) is 24.2 Å². The highest BCUT2D eigenvalue weighted by Crippen LogP contribution is 2.26. The first-order valence-corrected chi connectivity index (χ1v) is 18.2.